The van der Waals surface area contributed by atoms with Gasteiger partial charge < -0.3 is 4.90 Å². The number of aryl methyl sites for hydroxylation is 1. The Balaban J connectivity index is 1.19. The van der Waals surface area contributed by atoms with Crippen molar-refractivity contribution in [2.24, 2.45) is 0 Å². The highest BCUT2D eigenvalue weighted by molar-refractivity contribution is 5.78. The number of hydrogen-bond donors (Lipinski definition) is 0. The van der Waals surface area contributed by atoms with Crippen molar-refractivity contribution < 1.29 is 9.72 Å². The molecular formula is C25H27N5O4. The van der Waals surface area contributed by atoms with Crippen molar-refractivity contribution in [2.75, 3.05) is 26.2 Å². The number of piperazine rings is 1. The Bertz CT molecular complexity index is 1290. The molecule has 0 bridgehead atoms. The van der Waals surface area contributed by atoms with Gasteiger partial charge in [0.1, 0.15) is 5.82 Å². The summed E-state index contributed by atoms with van der Waals surface area (Å²) in [5, 5.41) is 11.6. The number of nitro groups is 1. The van der Waals surface area contributed by atoms with Crippen LogP contribution in [0.1, 0.15) is 36.7 Å². The summed E-state index contributed by atoms with van der Waals surface area (Å²) in [6.45, 7) is 3.30. The molecule has 0 spiro atoms. The Morgan fingerprint density at radius 1 is 1.06 bits per heavy atom. The van der Waals surface area contributed by atoms with Crippen LogP contribution in [0, 0.1) is 10.1 Å². The first-order valence-corrected chi connectivity index (χ1v) is 11.7. The van der Waals surface area contributed by atoms with Crippen LogP contribution in [0.5, 0.6) is 0 Å². The quantitative estimate of drug-likeness (QED) is 0.396. The molecule has 2 aromatic carbocycles. The van der Waals surface area contributed by atoms with Crippen molar-refractivity contribution in [1.29, 1.82) is 0 Å². The number of benzene rings is 2. The zero-order chi connectivity index (χ0) is 23.7. The number of carbonyl (C=O) groups excluding carboxylic acids is 1. The van der Waals surface area contributed by atoms with Gasteiger partial charge >= 0.3 is 0 Å². The van der Waals surface area contributed by atoms with E-state index in [9.17, 15) is 19.7 Å². The first-order valence-electron chi connectivity index (χ1n) is 11.7. The summed E-state index contributed by atoms with van der Waals surface area (Å²) >= 11 is 0. The van der Waals surface area contributed by atoms with E-state index in [0.29, 0.717) is 49.2 Å². The van der Waals surface area contributed by atoms with Crippen LogP contribution in [0.25, 0.3) is 10.9 Å². The lowest BCUT2D eigenvalue weighted by atomic mass is 10.1. The van der Waals surface area contributed by atoms with Crippen molar-refractivity contribution >= 4 is 22.5 Å². The van der Waals surface area contributed by atoms with Crippen LogP contribution >= 0.6 is 0 Å². The number of non-ortho nitro benzene ring substituents is 1. The second kappa shape index (κ2) is 9.34. The van der Waals surface area contributed by atoms with Gasteiger partial charge in [0.05, 0.1) is 15.8 Å². The molecule has 0 atom stereocenters. The molecular weight excluding hydrogens is 434 g/mol. The summed E-state index contributed by atoms with van der Waals surface area (Å²) in [4.78, 5) is 45.3. The molecule has 1 aromatic heterocycles. The van der Waals surface area contributed by atoms with Crippen LogP contribution in [-0.4, -0.2) is 56.4 Å². The summed E-state index contributed by atoms with van der Waals surface area (Å²) in [6.07, 6.45) is 2.73. The van der Waals surface area contributed by atoms with E-state index in [2.05, 4.69) is 4.90 Å². The SMILES string of the molecule is O=C(CCc1nc2ccccc2c(=O)n1C1CC1)N1CCN(Cc2cccc([N+](=O)[O-])c2)CC1. The molecule has 2 heterocycles. The first-order chi connectivity index (χ1) is 16.5. The summed E-state index contributed by atoms with van der Waals surface area (Å²) in [5.74, 6) is 0.767. The van der Waals surface area contributed by atoms with E-state index in [0.717, 1.165) is 31.5 Å². The van der Waals surface area contributed by atoms with Crippen LogP contribution in [0.3, 0.4) is 0 Å². The van der Waals surface area contributed by atoms with Crippen LogP contribution in [0.15, 0.2) is 53.3 Å². The molecule has 5 rings (SSSR count). The Morgan fingerprint density at radius 2 is 1.82 bits per heavy atom. The average molecular weight is 462 g/mol. The molecule has 9 heteroatoms. The van der Waals surface area contributed by atoms with Crippen molar-refractivity contribution in [3.8, 4) is 0 Å². The van der Waals surface area contributed by atoms with Crippen LogP contribution in [0.2, 0.25) is 0 Å². The van der Waals surface area contributed by atoms with Gasteiger partial charge in [0.2, 0.25) is 5.91 Å². The van der Waals surface area contributed by atoms with Crippen molar-refractivity contribution in [3.63, 3.8) is 0 Å². The standard InChI is InChI=1S/C25H27N5O4/c31-24(28-14-12-27(13-15-28)17-18-4-3-5-20(16-18)30(33)34)11-10-23-26-22-7-2-1-6-21(22)25(32)29(23)19-8-9-19/h1-7,16,19H,8-15,17H2. The zero-order valence-electron chi connectivity index (χ0n) is 18.9. The average Bonchev–Trinajstić information content (AvgIpc) is 3.68. The fourth-order valence-electron chi connectivity index (χ4n) is 4.64. The molecule has 1 saturated carbocycles. The van der Waals surface area contributed by atoms with Gasteiger partial charge in [0, 0.05) is 63.7 Å². The summed E-state index contributed by atoms with van der Waals surface area (Å²) in [7, 11) is 0. The third kappa shape index (κ3) is 4.70. The molecule has 1 amide bonds. The Morgan fingerprint density at radius 3 is 2.56 bits per heavy atom. The molecule has 1 aliphatic heterocycles. The predicted octanol–water partition coefficient (Wildman–Crippen LogP) is 2.92. The summed E-state index contributed by atoms with van der Waals surface area (Å²) < 4.78 is 1.80. The van der Waals surface area contributed by atoms with Crippen LogP contribution in [0.4, 0.5) is 5.69 Å². The molecule has 1 aliphatic carbocycles. The Hall–Kier alpha value is -3.59. The van der Waals surface area contributed by atoms with Crippen molar-refractivity contribution in [1.82, 2.24) is 19.4 Å². The third-order valence-corrected chi connectivity index (χ3v) is 6.61. The lowest BCUT2D eigenvalue weighted by molar-refractivity contribution is -0.384. The van der Waals surface area contributed by atoms with Crippen molar-refractivity contribution in [3.05, 3.63) is 80.4 Å². The number of para-hydroxylation sites is 1. The van der Waals surface area contributed by atoms with Gasteiger partial charge in [-0.25, -0.2) is 4.98 Å². The van der Waals surface area contributed by atoms with Crippen LogP contribution in [-0.2, 0) is 17.8 Å². The summed E-state index contributed by atoms with van der Waals surface area (Å²) in [6, 6.07) is 14.3. The van der Waals surface area contributed by atoms with E-state index in [4.69, 9.17) is 4.98 Å². The van der Waals surface area contributed by atoms with Gasteiger partial charge in [-0.15, -0.1) is 0 Å². The highest BCUT2D eigenvalue weighted by atomic mass is 16.6. The second-order valence-electron chi connectivity index (χ2n) is 9.04. The normalized spacial score (nSPS) is 16.6. The minimum Gasteiger partial charge on any atom is -0.340 e. The van der Waals surface area contributed by atoms with E-state index in [1.807, 2.05) is 35.2 Å². The van der Waals surface area contributed by atoms with Gasteiger partial charge in [-0.05, 0) is 30.5 Å². The molecule has 1 saturated heterocycles. The molecule has 0 unspecified atom stereocenters. The Labute approximate surface area is 196 Å². The predicted molar refractivity (Wildman–Crippen MR) is 128 cm³/mol. The molecule has 0 N–H and O–H groups in total. The molecule has 9 nitrogen and oxygen atoms in total. The molecule has 3 aromatic rings. The largest absolute Gasteiger partial charge is 0.340 e. The maximum absolute atomic E-state index is 13.0. The molecule has 2 aliphatic rings. The lowest BCUT2D eigenvalue weighted by Gasteiger charge is -2.34. The van der Waals surface area contributed by atoms with E-state index in [-0.39, 0.29) is 28.1 Å². The maximum atomic E-state index is 13.0. The fourth-order valence-corrected chi connectivity index (χ4v) is 4.64. The van der Waals surface area contributed by atoms with E-state index in [1.54, 1.807) is 16.7 Å². The maximum Gasteiger partial charge on any atom is 0.269 e. The number of hydrogen-bond acceptors (Lipinski definition) is 6. The summed E-state index contributed by atoms with van der Waals surface area (Å²) in [5.41, 5.74) is 1.67. The van der Waals surface area contributed by atoms with Gasteiger partial charge in [-0.1, -0.05) is 24.3 Å². The number of nitrogens with zero attached hydrogens (tertiary/aromatic N) is 5. The molecule has 2 fully saturated rings. The van der Waals surface area contributed by atoms with Gasteiger partial charge in [0.15, 0.2) is 0 Å². The smallest absolute Gasteiger partial charge is 0.269 e. The highest BCUT2D eigenvalue weighted by Crippen LogP contribution is 2.35. The first kappa shape index (κ1) is 22.2. The number of carbonyl (C=O) groups is 1. The Kier molecular flexibility index (Phi) is 6.10. The third-order valence-electron chi connectivity index (χ3n) is 6.61. The van der Waals surface area contributed by atoms with Crippen LogP contribution < -0.4 is 5.56 Å². The number of aromatic nitrogens is 2. The number of amides is 1. The molecule has 176 valence electrons. The number of nitro benzene ring substituents is 1. The second-order valence-corrected chi connectivity index (χ2v) is 9.04. The van der Waals surface area contributed by atoms with E-state index in [1.165, 1.54) is 6.07 Å². The van der Waals surface area contributed by atoms with Gasteiger partial charge in [-0.2, -0.15) is 0 Å². The lowest BCUT2D eigenvalue weighted by Crippen LogP contribution is -2.48. The van der Waals surface area contributed by atoms with Crippen molar-refractivity contribution in [2.45, 2.75) is 38.3 Å². The zero-order valence-corrected chi connectivity index (χ0v) is 18.9. The molecule has 0 radical (unpaired) electrons. The van der Waals surface area contributed by atoms with Gasteiger partial charge in [0.25, 0.3) is 11.2 Å². The van der Waals surface area contributed by atoms with E-state index >= 15 is 0 Å². The fraction of sp³-hybridized carbons (Fsp3) is 0.400. The minimum atomic E-state index is -0.382. The van der Waals surface area contributed by atoms with E-state index < -0.39 is 0 Å². The number of fused-ring (bicyclic) bond motifs is 1. The van der Waals surface area contributed by atoms with Gasteiger partial charge in [-0.3, -0.25) is 29.2 Å². The monoisotopic (exact) mass is 461 g/mol. The topological polar surface area (TPSA) is 102 Å². The number of rotatable bonds is 7. The highest BCUT2D eigenvalue weighted by Gasteiger charge is 2.29. The minimum absolute atomic E-state index is 0.00897. The molecule has 34 heavy (non-hydrogen) atoms.